The maximum Gasteiger partial charge on any atom is 0.161 e. The first-order chi connectivity index (χ1) is 13.9. The van der Waals surface area contributed by atoms with E-state index in [0.29, 0.717) is 0 Å². The monoisotopic (exact) mass is 399 g/mol. The Kier molecular flexibility index (Phi) is 6.79. The highest BCUT2D eigenvalue weighted by atomic mass is 16.5. The lowest BCUT2D eigenvalue weighted by atomic mass is 9.99. The highest BCUT2D eigenvalue weighted by Crippen LogP contribution is 2.34. The number of ether oxygens (including phenoxy) is 2. The minimum absolute atomic E-state index is 0.269. The maximum absolute atomic E-state index is 5.49. The molecule has 0 saturated carbocycles. The van der Waals surface area contributed by atoms with Gasteiger partial charge in [0.05, 0.1) is 14.2 Å². The van der Waals surface area contributed by atoms with Crippen LogP contribution in [0, 0.1) is 0 Å². The number of methoxy groups -OCH3 is 2. The third-order valence-corrected chi connectivity index (χ3v) is 5.15. The van der Waals surface area contributed by atoms with E-state index in [2.05, 4.69) is 61.3 Å². The number of anilines is 2. The summed E-state index contributed by atoms with van der Waals surface area (Å²) < 4.78 is 10.9. The van der Waals surface area contributed by atoms with Crippen LogP contribution in [0.1, 0.15) is 36.7 Å². The lowest BCUT2D eigenvalue weighted by molar-refractivity contribution is 0.353. The average Bonchev–Trinajstić information content (AvgIpc) is 2.71. The van der Waals surface area contributed by atoms with E-state index in [1.165, 1.54) is 11.1 Å². The smallest absolute Gasteiger partial charge is 0.161 e. The quantitative estimate of drug-likeness (QED) is 0.731. The van der Waals surface area contributed by atoms with Gasteiger partial charge in [-0.1, -0.05) is 13.8 Å². The fourth-order valence-corrected chi connectivity index (χ4v) is 3.45. The summed E-state index contributed by atoms with van der Waals surface area (Å²) in [6.07, 6.45) is 0.945. The van der Waals surface area contributed by atoms with Crippen LogP contribution >= 0.6 is 0 Å². The number of rotatable bonds is 8. The second-order valence-electron chi connectivity index (χ2n) is 8.00. The van der Waals surface area contributed by atoms with Gasteiger partial charge in [-0.05, 0) is 43.8 Å². The van der Waals surface area contributed by atoms with E-state index < -0.39 is 0 Å². The topological polar surface area (TPSA) is 62.8 Å². The fraction of sp³-hybridized carbons (Fsp3) is 0.545. The molecule has 0 fully saturated rings. The van der Waals surface area contributed by atoms with Gasteiger partial charge in [-0.25, -0.2) is 9.97 Å². The van der Waals surface area contributed by atoms with Crippen molar-refractivity contribution in [3.05, 3.63) is 35.2 Å². The van der Waals surface area contributed by atoms with Gasteiger partial charge in [0.2, 0.25) is 0 Å². The zero-order valence-corrected chi connectivity index (χ0v) is 18.5. The Balaban J connectivity index is 1.85. The van der Waals surface area contributed by atoms with Crippen LogP contribution in [0.2, 0.25) is 0 Å². The number of hydrogen-bond acceptors (Lipinski definition) is 7. The number of likely N-dealkylation sites (N-methyl/N-ethyl adjacent to an activating group) is 1. The molecule has 1 aromatic carbocycles. The zero-order chi connectivity index (χ0) is 21.0. The SMILES string of the molecule is COc1cc2c(cc1OC)CN(c1cc(NCCN(C)C)nc(C(C)C)n1)CC2. The summed E-state index contributed by atoms with van der Waals surface area (Å²) in [4.78, 5) is 14.0. The number of nitrogens with one attached hydrogen (secondary N) is 1. The number of fused-ring (bicyclic) bond motifs is 1. The van der Waals surface area contributed by atoms with Crippen molar-refractivity contribution in [3.8, 4) is 11.5 Å². The summed E-state index contributed by atoms with van der Waals surface area (Å²) in [7, 11) is 7.50. The highest BCUT2D eigenvalue weighted by molar-refractivity contribution is 5.54. The lowest BCUT2D eigenvalue weighted by Gasteiger charge is -2.31. The van der Waals surface area contributed by atoms with Gasteiger partial charge in [0.1, 0.15) is 17.5 Å². The standard InChI is InChI=1S/C22H33N5O2/c1-15(2)22-24-20(23-8-10-26(3)4)13-21(25-22)27-9-7-16-11-18(28-5)19(29-6)12-17(16)14-27/h11-13,15H,7-10,14H2,1-6H3,(H,23,24,25). The molecule has 1 aliphatic rings. The molecule has 1 aliphatic heterocycles. The van der Waals surface area contributed by atoms with Gasteiger partial charge in [-0.2, -0.15) is 0 Å². The third-order valence-electron chi connectivity index (χ3n) is 5.15. The lowest BCUT2D eigenvalue weighted by Crippen LogP contribution is -2.31. The highest BCUT2D eigenvalue weighted by Gasteiger charge is 2.22. The Labute approximate surface area is 174 Å². The van der Waals surface area contributed by atoms with Crippen molar-refractivity contribution in [1.82, 2.24) is 14.9 Å². The van der Waals surface area contributed by atoms with Crippen LogP contribution < -0.4 is 19.7 Å². The first kappa shape index (κ1) is 21.2. The van der Waals surface area contributed by atoms with Crippen molar-refractivity contribution in [2.75, 3.05) is 58.2 Å². The Hall–Kier alpha value is -2.54. The molecule has 0 unspecified atom stereocenters. The molecular formula is C22H33N5O2. The first-order valence-electron chi connectivity index (χ1n) is 10.2. The van der Waals surface area contributed by atoms with Gasteiger partial charge in [0.25, 0.3) is 0 Å². The van der Waals surface area contributed by atoms with E-state index >= 15 is 0 Å². The van der Waals surface area contributed by atoms with E-state index in [1.807, 2.05) is 0 Å². The predicted molar refractivity (Wildman–Crippen MR) is 117 cm³/mol. The molecule has 1 N–H and O–H groups in total. The molecule has 0 amide bonds. The Bertz CT molecular complexity index is 838. The number of aromatic nitrogens is 2. The minimum atomic E-state index is 0.269. The molecule has 7 nitrogen and oxygen atoms in total. The summed E-state index contributed by atoms with van der Waals surface area (Å²) in [5.41, 5.74) is 2.56. The molecule has 158 valence electrons. The van der Waals surface area contributed by atoms with Crippen molar-refractivity contribution >= 4 is 11.6 Å². The number of nitrogens with zero attached hydrogens (tertiary/aromatic N) is 4. The molecule has 0 saturated heterocycles. The number of hydrogen-bond donors (Lipinski definition) is 1. The van der Waals surface area contributed by atoms with Crippen molar-refractivity contribution < 1.29 is 9.47 Å². The van der Waals surface area contributed by atoms with Gasteiger partial charge in [0, 0.05) is 38.2 Å². The molecule has 0 atom stereocenters. The molecule has 3 rings (SSSR count). The first-order valence-corrected chi connectivity index (χ1v) is 10.2. The van der Waals surface area contributed by atoms with Crippen LogP contribution in [0.5, 0.6) is 11.5 Å². The number of benzene rings is 1. The predicted octanol–water partition coefficient (Wildman–Crippen LogP) is 3.15. The van der Waals surface area contributed by atoms with Crippen molar-refractivity contribution in [2.45, 2.75) is 32.7 Å². The van der Waals surface area contributed by atoms with Crippen LogP contribution in [-0.4, -0.2) is 62.8 Å². The zero-order valence-electron chi connectivity index (χ0n) is 18.5. The van der Waals surface area contributed by atoms with E-state index in [0.717, 1.165) is 61.6 Å². The summed E-state index contributed by atoms with van der Waals surface area (Å²) >= 11 is 0. The molecule has 0 spiro atoms. The van der Waals surface area contributed by atoms with Crippen molar-refractivity contribution in [2.24, 2.45) is 0 Å². The van der Waals surface area contributed by atoms with Crippen molar-refractivity contribution in [3.63, 3.8) is 0 Å². The van der Waals surface area contributed by atoms with Gasteiger partial charge in [-0.15, -0.1) is 0 Å². The van der Waals surface area contributed by atoms with Gasteiger partial charge in [-0.3, -0.25) is 0 Å². The van der Waals surface area contributed by atoms with Crippen LogP contribution in [-0.2, 0) is 13.0 Å². The molecule has 29 heavy (non-hydrogen) atoms. The average molecular weight is 400 g/mol. The molecule has 0 radical (unpaired) electrons. The van der Waals surface area contributed by atoms with Crippen LogP contribution in [0.15, 0.2) is 18.2 Å². The molecule has 2 heterocycles. The molecule has 2 aromatic rings. The second kappa shape index (κ2) is 9.31. The molecule has 0 aliphatic carbocycles. The maximum atomic E-state index is 5.49. The third kappa shape index (κ3) is 5.09. The molecular weight excluding hydrogens is 366 g/mol. The summed E-state index contributed by atoms with van der Waals surface area (Å²) in [5.74, 6) is 4.55. The summed E-state index contributed by atoms with van der Waals surface area (Å²) in [6, 6.07) is 6.24. The molecule has 1 aromatic heterocycles. The molecule has 7 heteroatoms. The molecule has 0 bridgehead atoms. The van der Waals surface area contributed by atoms with E-state index in [1.54, 1.807) is 14.2 Å². The normalized spacial score (nSPS) is 13.6. The Morgan fingerprint density at radius 1 is 1.07 bits per heavy atom. The Morgan fingerprint density at radius 2 is 1.76 bits per heavy atom. The van der Waals surface area contributed by atoms with Crippen LogP contribution in [0.25, 0.3) is 0 Å². The van der Waals surface area contributed by atoms with Crippen molar-refractivity contribution in [1.29, 1.82) is 0 Å². The van der Waals surface area contributed by atoms with Gasteiger partial charge < -0.3 is 24.6 Å². The van der Waals surface area contributed by atoms with Crippen LogP contribution in [0.3, 0.4) is 0 Å². The summed E-state index contributed by atoms with van der Waals surface area (Å²) in [6.45, 7) is 7.77. The van der Waals surface area contributed by atoms with Crippen LogP contribution in [0.4, 0.5) is 11.6 Å². The van der Waals surface area contributed by atoms with Gasteiger partial charge in [0.15, 0.2) is 11.5 Å². The van der Waals surface area contributed by atoms with E-state index in [9.17, 15) is 0 Å². The van der Waals surface area contributed by atoms with E-state index in [4.69, 9.17) is 19.4 Å². The van der Waals surface area contributed by atoms with E-state index in [-0.39, 0.29) is 5.92 Å². The van der Waals surface area contributed by atoms with Gasteiger partial charge >= 0.3 is 0 Å². The largest absolute Gasteiger partial charge is 0.493 e. The minimum Gasteiger partial charge on any atom is -0.493 e. The Morgan fingerprint density at radius 3 is 2.38 bits per heavy atom. The fourth-order valence-electron chi connectivity index (χ4n) is 3.45. The summed E-state index contributed by atoms with van der Waals surface area (Å²) in [5, 5.41) is 3.45. The second-order valence-corrected chi connectivity index (χ2v) is 8.00.